The molecule has 1 amide bonds. The molecule has 0 radical (unpaired) electrons. The van der Waals surface area contributed by atoms with Crippen molar-refractivity contribution in [2.45, 2.75) is 40.0 Å². The maximum Gasteiger partial charge on any atom is 0.222 e. The first-order valence-electron chi connectivity index (χ1n) is 9.00. The molecule has 0 bridgehead atoms. The van der Waals surface area contributed by atoms with Gasteiger partial charge in [0.15, 0.2) is 5.78 Å². The van der Waals surface area contributed by atoms with Crippen LogP contribution in [0.1, 0.15) is 56.0 Å². The van der Waals surface area contributed by atoms with Gasteiger partial charge in [0.1, 0.15) is 0 Å². The maximum atomic E-state index is 12.4. The second-order valence-electron chi connectivity index (χ2n) is 7.45. The van der Waals surface area contributed by atoms with E-state index in [1.54, 1.807) is 0 Å². The normalized spacial score (nSPS) is 16.0. The van der Waals surface area contributed by atoms with Crippen molar-refractivity contribution in [3.63, 3.8) is 0 Å². The zero-order valence-corrected chi connectivity index (χ0v) is 15.4. The third-order valence-electron chi connectivity index (χ3n) is 4.57. The Labute approximate surface area is 145 Å². The second-order valence-corrected chi connectivity index (χ2v) is 7.45. The molecule has 1 fully saturated rings. The van der Waals surface area contributed by atoms with E-state index in [2.05, 4.69) is 32.6 Å². The van der Waals surface area contributed by atoms with Gasteiger partial charge >= 0.3 is 0 Å². The highest BCUT2D eigenvalue weighted by Crippen LogP contribution is 2.15. The number of nitrogens with zero attached hydrogens (tertiary/aromatic N) is 2. The molecule has 0 aliphatic carbocycles. The molecule has 4 heteroatoms. The molecule has 4 nitrogen and oxygen atoms in total. The van der Waals surface area contributed by atoms with Gasteiger partial charge in [0, 0.05) is 38.2 Å². The number of rotatable bonds is 6. The van der Waals surface area contributed by atoms with Crippen molar-refractivity contribution in [3.05, 3.63) is 35.4 Å². The molecular weight excluding hydrogens is 300 g/mol. The van der Waals surface area contributed by atoms with Crippen LogP contribution in [0.15, 0.2) is 24.3 Å². The summed E-state index contributed by atoms with van der Waals surface area (Å²) in [6.07, 6.45) is 0.612. The van der Waals surface area contributed by atoms with E-state index < -0.39 is 0 Å². The molecule has 0 spiro atoms. The first kappa shape index (κ1) is 18.7. The van der Waals surface area contributed by atoms with Gasteiger partial charge in [-0.25, -0.2) is 0 Å². The Kier molecular flexibility index (Phi) is 6.55. The largest absolute Gasteiger partial charge is 0.340 e. The van der Waals surface area contributed by atoms with Crippen LogP contribution in [0, 0.1) is 5.92 Å². The number of Topliss-reactive ketones (excluding diaryl/α,β-unsaturated/α-hetero) is 1. The number of hydrogen-bond acceptors (Lipinski definition) is 3. The van der Waals surface area contributed by atoms with Gasteiger partial charge in [-0.3, -0.25) is 14.5 Å². The number of ketones is 1. The van der Waals surface area contributed by atoms with E-state index in [4.69, 9.17) is 0 Å². The van der Waals surface area contributed by atoms with Gasteiger partial charge in [0.25, 0.3) is 0 Å². The minimum absolute atomic E-state index is 0.160. The van der Waals surface area contributed by atoms with Crippen molar-refractivity contribution < 1.29 is 9.59 Å². The van der Waals surface area contributed by atoms with Crippen molar-refractivity contribution in [2.75, 3.05) is 32.7 Å². The number of benzene rings is 1. The average Bonchev–Trinajstić information content (AvgIpc) is 2.55. The van der Waals surface area contributed by atoms with Gasteiger partial charge in [-0.05, 0) is 17.4 Å². The summed E-state index contributed by atoms with van der Waals surface area (Å²) in [4.78, 5) is 28.6. The summed E-state index contributed by atoms with van der Waals surface area (Å²) in [6.45, 7) is 11.9. The van der Waals surface area contributed by atoms with E-state index in [1.165, 1.54) is 5.56 Å². The van der Waals surface area contributed by atoms with Crippen LogP contribution in [0.25, 0.3) is 0 Å². The fraction of sp³-hybridized carbons (Fsp3) is 0.600. The molecule has 1 aromatic rings. The molecule has 0 unspecified atom stereocenters. The zero-order chi connectivity index (χ0) is 17.7. The predicted molar refractivity (Wildman–Crippen MR) is 97.3 cm³/mol. The highest BCUT2D eigenvalue weighted by Gasteiger charge is 2.23. The minimum atomic E-state index is 0.160. The van der Waals surface area contributed by atoms with E-state index in [-0.39, 0.29) is 11.7 Å². The molecule has 0 atom stereocenters. The lowest BCUT2D eigenvalue weighted by molar-refractivity contribution is -0.133. The number of carbonyl (C=O) groups excluding carboxylic acids is 2. The predicted octanol–water partition coefficient (Wildman–Crippen LogP) is 3.18. The maximum absolute atomic E-state index is 12.4. The third kappa shape index (κ3) is 5.17. The molecule has 1 aliphatic heterocycles. The monoisotopic (exact) mass is 330 g/mol. The molecule has 1 aromatic carbocycles. The van der Waals surface area contributed by atoms with Crippen molar-refractivity contribution in [1.29, 1.82) is 0 Å². The Hall–Kier alpha value is -1.68. The van der Waals surface area contributed by atoms with Gasteiger partial charge in [-0.2, -0.15) is 0 Å². The lowest BCUT2D eigenvalue weighted by atomic mass is 10.0. The number of amides is 1. The molecule has 0 N–H and O–H groups in total. The summed E-state index contributed by atoms with van der Waals surface area (Å²) in [5.41, 5.74) is 2.03. The highest BCUT2D eigenvalue weighted by atomic mass is 16.2. The van der Waals surface area contributed by atoms with Crippen LogP contribution in [0.5, 0.6) is 0 Å². The molecule has 2 rings (SSSR count). The zero-order valence-electron chi connectivity index (χ0n) is 15.4. The van der Waals surface area contributed by atoms with E-state index in [0.717, 1.165) is 31.7 Å². The van der Waals surface area contributed by atoms with Crippen LogP contribution < -0.4 is 0 Å². The van der Waals surface area contributed by atoms with Crippen LogP contribution in [0.3, 0.4) is 0 Å². The van der Waals surface area contributed by atoms with E-state index >= 15 is 0 Å². The molecule has 1 saturated heterocycles. The first-order chi connectivity index (χ1) is 11.4. The van der Waals surface area contributed by atoms with Crippen LogP contribution in [-0.4, -0.2) is 54.2 Å². The van der Waals surface area contributed by atoms with E-state index in [1.807, 2.05) is 29.2 Å². The van der Waals surface area contributed by atoms with Gasteiger partial charge in [-0.1, -0.05) is 52.0 Å². The first-order valence-corrected chi connectivity index (χ1v) is 9.00. The lowest BCUT2D eigenvalue weighted by Crippen LogP contribution is -2.50. The average molecular weight is 330 g/mol. The smallest absolute Gasteiger partial charge is 0.222 e. The van der Waals surface area contributed by atoms with Gasteiger partial charge in [-0.15, -0.1) is 0 Å². The van der Waals surface area contributed by atoms with E-state index in [9.17, 15) is 9.59 Å². The van der Waals surface area contributed by atoms with Gasteiger partial charge < -0.3 is 4.90 Å². The summed E-state index contributed by atoms with van der Waals surface area (Å²) in [5.74, 6) is 1.27. The fourth-order valence-electron chi connectivity index (χ4n) is 2.98. The Balaban J connectivity index is 1.83. The summed E-state index contributed by atoms with van der Waals surface area (Å²) in [6, 6.07) is 7.95. The molecule has 1 aliphatic rings. The van der Waals surface area contributed by atoms with Gasteiger partial charge in [0.2, 0.25) is 5.91 Å². The third-order valence-corrected chi connectivity index (χ3v) is 4.57. The van der Waals surface area contributed by atoms with Crippen LogP contribution in [0.2, 0.25) is 0 Å². The molecule has 0 aromatic heterocycles. The van der Waals surface area contributed by atoms with Gasteiger partial charge in [0.05, 0.1) is 6.54 Å². The topological polar surface area (TPSA) is 40.6 Å². The molecular formula is C20H30N2O2. The molecule has 1 heterocycles. The minimum Gasteiger partial charge on any atom is -0.340 e. The number of carbonyl (C=O) groups is 2. The Bertz CT molecular complexity index is 556. The Morgan fingerprint density at radius 1 is 0.958 bits per heavy atom. The molecule has 24 heavy (non-hydrogen) atoms. The quantitative estimate of drug-likeness (QED) is 0.752. The molecule has 0 saturated carbocycles. The number of piperazine rings is 1. The number of hydrogen-bond donors (Lipinski definition) is 0. The summed E-state index contributed by atoms with van der Waals surface area (Å²) < 4.78 is 0. The SMILES string of the molecule is CC(C)CC(=O)N1CCN(CC(=O)c2ccc(C(C)C)cc2)CC1. The highest BCUT2D eigenvalue weighted by molar-refractivity contribution is 5.97. The fourth-order valence-corrected chi connectivity index (χ4v) is 2.98. The van der Waals surface area contributed by atoms with Crippen molar-refractivity contribution >= 4 is 11.7 Å². The van der Waals surface area contributed by atoms with Crippen molar-refractivity contribution in [2.24, 2.45) is 5.92 Å². The van der Waals surface area contributed by atoms with Crippen molar-refractivity contribution in [1.82, 2.24) is 9.80 Å². The summed E-state index contributed by atoms with van der Waals surface area (Å²) in [7, 11) is 0. The second kappa shape index (κ2) is 8.43. The lowest BCUT2D eigenvalue weighted by Gasteiger charge is -2.34. The summed E-state index contributed by atoms with van der Waals surface area (Å²) in [5, 5.41) is 0. The molecule has 132 valence electrons. The standard InChI is InChI=1S/C20H30N2O2/c1-15(2)13-20(24)22-11-9-21(10-12-22)14-19(23)18-7-5-17(6-8-18)16(3)4/h5-8,15-16H,9-14H2,1-4H3. The Morgan fingerprint density at radius 3 is 2.04 bits per heavy atom. The van der Waals surface area contributed by atoms with Crippen LogP contribution in [-0.2, 0) is 4.79 Å². The van der Waals surface area contributed by atoms with E-state index in [0.29, 0.717) is 24.8 Å². The van der Waals surface area contributed by atoms with Crippen LogP contribution >= 0.6 is 0 Å². The Morgan fingerprint density at radius 2 is 1.54 bits per heavy atom. The summed E-state index contributed by atoms with van der Waals surface area (Å²) >= 11 is 0. The van der Waals surface area contributed by atoms with Crippen LogP contribution in [0.4, 0.5) is 0 Å². The van der Waals surface area contributed by atoms with Crippen molar-refractivity contribution in [3.8, 4) is 0 Å².